The van der Waals surface area contributed by atoms with Gasteiger partial charge in [0.1, 0.15) is 12.1 Å². The van der Waals surface area contributed by atoms with Crippen molar-refractivity contribution in [2.24, 2.45) is 5.92 Å². The van der Waals surface area contributed by atoms with E-state index in [4.69, 9.17) is 42.1 Å². The maximum Gasteiger partial charge on any atom is 0.387 e. The molecule has 15 heteroatoms. The standard InChI is InChI=1S/C31H32Cl2F2N2O8S/c1-41-25-10-8-20(13-28(25)42-2)46(39,40)37-11-3-4-24(37)30(38)44-27(14-21-22(32)15-36-16-23(21)33)19-7-9-26(45-31(34)35)29(12-19)43-17-18-5-6-18/h7-10,12-13,15-16,18,24,27,31H,3-6,11,14,17H2,1-2H3. The number of hydrogen-bond donors (Lipinski definition) is 0. The third-order valence-corrected chi connectivity index (χ3v) is 10.3. The number of alkyl halides is 2. The van der Waals surface area contributed by atoms with Crippen LogP contribution in [0.3, 0.4) is 0 Å². The van der Waals surface area contributed by atoms with Gasteiger partial charge in [0.25, 0.3) is 0 Å². The van der Waals surface area contributed by atoms with Crippen molar-refractivity contribution >= 4 is 39.2 Å². The van der Waals surface area contributed by atoms with Crippen LogP contribution in [0.1, 0.15) is 42.9 Å². The molecule has 0 radical (unpaired) electrons. The van der Waals surface area contributed by atoms with Crippen LogP contribution in [0.4, 0.5) is 8.78 Å². The van der Waals surface area contributed by atoms with Crippen LogP contribution < -0.4 is 18.9 Å². The number of esters is 1. The maximum absolute atomic E-state index is 13.8. The summed E-state index contributed by atoms with van der Waals surface area (Å²) in [4.78, 5) is 17.7. The van der Waals surface area contributed by atoms with Crippen molar-refractivity contribution in [3.8, 4) is 23.0 Å². The minimum absolute atomic E-state index is 0.0296. The Morgan fingerprint density at radius 3 is 2.33 bits per heavy atom. The van der Waals surface area contributed by atoms with Crippen molar-refractivity contribution in [1.29, 1.82) is 0 Å². The van der Waals surface area contributed by atoms with Crippen molar-refractivity contribution in [2.75, 3.05) is 27.4 Å². The van der Waals surface area contributed by atoms with E-state index in [1.54, 1.807) is 0 Å². The number of sulfonamides is 1. The first-order valence-corrected chi connectivity index (χ1v) is 16.6. The molecule has 3 aromatic rings. The highest BCUT2D eigenvalue weighted by Gasteiger charge is 2.42. The molecule has 2 fully saturated rings. The highest BCUT2D eigenvalue weighted by molar-refractivity contribution is 7.89. The molecule has 0 bridgehead atoms. The van der Waals surface area contributed by atoms with Crippen LogP contribution in [0.15, 0.2) is 53.7 Å². The van der Waals surface area contributed by atoms with E-state index in [0.29, 0.717) is 35.8 Å². The van der Waals surface area contributed by atoms with E-state index >= 15 is 0 Å². The topological polar surface area (TPSA) is 113 Å². The fourth-order valence-electron chi connectivity index (χ4n) is 5.16. The minimum Gasteiger partial charge on any atom is -0.493 e. The number of hydrogen-bond acceptors (Lipinski definition) is 9. The normalized spacial score (nSPS) is 17.5. The summed E-state index contributed by atoms with van der Waals surface area (Å²) in [6.07, 6.45) is 4.24. The summed E-state index contributed by atoms with van der Waals surface area (Å²) in [5.74, 6) is -0.0514. The highest BCUT2D eigenvalue weighted by Crippen LogP contribution is 2.39. The molecule has 46 heavy (non-hydrogen) atoms. The van der Waals surface area contributed by atoms with Gasteiger partial charge in [-0.15, -0.1) is 0 Å². The number of carbonyl (C=O) groups excluding carboxylic acids is 1. The van der Waals surface area contributed by atoms with Gasteiger partial charge in [-0.2, -0.15) is 13.1 Å². The van der Waals surface area contributed by atoms with Crippen molar-refractivity contribution in [2.45, 2.75) is 55.8 Å². The Morgan fingerprint density at radius 2 is 1.67 bits per heavy atom. The molecule has 2 aromatic carbocycles. The quantitative estimate of drug-likeness (QED) is 0.175. The number of pyridine rings is 1. The van der Waals surface area contributed by atoms with E-state index in [2.05, 4.69) is 9.72 Å². The van der Waals surface area contributed by atoms with E-state index < -0.39 is 34.7 Å². The number of carbonyl (C=O) groups is 1. The summed E-state index contributed by atoms with van der Waals surface area (Å²) in [7, 11) is -1.34. The first-order valence-electron chi connectivity index (χ1n) is 14.5. The van der Waals surface area contributed by atoms with Crippen molar-refractivity contribution < 1.29 is 45.7 Å². The van der Waals surface area contributed by atoms with Gasteiger partial charge in [0, 0.05) is 31.4 Å². The number of benzene rings is 2. The Hall–Kier alpha value is -3.39. The molecule has 1 saturated heterocycles. The number of nitrogens with zero attached hydrogens (tertiary/aromatic N) is 2. The zero-order chi connectivity index (χ0) is 33.0. The Morgan fingerprint density at radius 1 is 0.978 bits per heavy atom. The number of methoxy groups -OCH3 is 2. The first kappa shape index (κ1) is 34.0. The van der Waals surface area contributed by atoms with E-state index in [1.165, 1.54) is 63.0 Å². The summed E-state index contributed by atoms with van der Waals surface area (Å²) in [5, 5.41) is 0.435. The van der Waals surface area contributed by atoms with Gasteiger partial charge in [-0.05, 0) is 67.0 Å². The van der Waals surface area contributed by atoms with Gasteiger partial charge in [-0.3, -0.25) is 9.78 Å². The molecule has 0 spiro atoms. The second kappa shape index (κ2) is 14.6. The van der Waals surface area contributed by atoms with Crippen molar-refractivity contribution in [1.82, 2.24) is 9.29 Å². The van der Waals surface area contributed by atoms with Gasteiger partial charge in [0.05, 0.1) is 35.8 Å². The lowest BCUT2D eigenvalue weighted by atomic mass is 10.0. The molecule has 1 aromatic heterocycles. The Bertz CT molecular complexity index is 1660. The van der Waals surface area contributed by atoms with Gasteiger partial charge in [-0.1, -0.05) is 29.3 Å². The van der Waals surface area contributed by atoms with Gasteiger partial charge in [-0.25, -0.2) is 8.42 Å². The summed E-state index contributed by atoms with van der Waals surface area (Å²) in [6.45, 7) is -2.69. The molecule has 0 N–H and O–H groups in total. The van der Waals surface area contributed by atoms with E-state index in [1.807, 2.05) is 0 Å². The number of rotatable bonds is 14. The largest absolute Gasteiger partial charge is 0.493 e. The van der Waals surface area contributed by atoms with Crippen LogP contribution >= 0.6 is 23.2 Å². The Labute approximate surface area is 275 Å². The lowest BCUT2D eigenvalue weighted by molar-refractivity contribution is -0.153. The lowest BCUT2D eigenvalue weighted by Crippen LogP contribution is -2.41. The molecule has 2 aliphatic rings. The number of ether oxygens (including phenoxy) is 5. The molecule has 5 rings (SSSR count). The van der Waals surface area contributed by atoms with Crippen LogP contribution in [0.5, 0.6) is 23.0 Å². The lowest BCUT2D eigenvalue weighted by Gasteiger charge is -2.26. The van der Waals surface area contributed by atoms with Crippen LogP contribution in [0.2, 0.25) is 10.0 Å². The zero-order valence-electron chi connectivity index (χ0n) is 25.0. The van der Waals surface area contributed by atoms with Gasteiger partial charge in [0.15, 0.2) is 23.0 Å². The molecule has 2 atom stereocenters. The summed E-state index contributed by atoms with van der Waals surface area (Å²) < 4.78 is 82.0. The fraction of sp³-hybridized carbons (Fsp3) is 0.419. The Balaban J connectivity index is 1.46. The molecule has 2 heterocycles. The molecule has 1 saturated carbocycles. The van der Waals surface area contributed by atoms with Crippen LogP contribution in [0, 0.1) is 5.92 Å². The molecule has 0 amide bonds. The highest BCUT2D eigenvalue weighted by atomic mass is 35.5. The average molecular weight is 702 g/mol. The third-order valence-electron chi connectivity index (χ3n) is 7.76. The van der Waals surface area contributed by atoms with Crippen molar-refractivity contribution in [3.63, 3.8) is 0 Å². The van der Waals surface area contributed by atoms with Crippen LogP contribution in [-0.2, 0) is 26.0 Å². The van der Waals surface area contributed by atoms with E-state index in [0.717, 1.165) is 17.1 Å². The van der Waals surface area contributed by atoms with Crippen LogP contribution in [0.25, 0.3) is 0 Å². The first-order chi connectivity index (χ1) is 22.0. The predicted octanol–water partition coefficient (Wildman–Crippen LogP) is 6.48. The summed E-state index contributed by atoms with van der Waals surface area (Å²) in [5.41, 5.74) is 0.794. The molecule has 1 aliphatic carbocycles. The smallest absolute Gasteiger partial charge is 0.387 e. The maximum atomic E-state index is 13.8. The second-order valence-corrected chi connectivity index (χ2v) is 13.5. The molecular formula is C31H32Cl2F2N2O8S. The number of aromatic nitrogens is 1. The molecule has 1 aliphatic heterocycles. The SMILES string of the molecule is COc1ccc(S(=O)(=O)N2CCCC2C(=O)OC(Cc2c(Cl)cncc2Cl)c2ccc(OC(F)F)c(OCC3CC3)c2)cc1OC. The van der Waals surface area contributed by atoms with E-state index in [-0.39, 0.29) is 51.6 Å². The zero-order valence-corrected chi connectivity index (χ0v) is 27.3. The van der Waals surface area contributed by atoms with Crippen molar-refractivity contribution in [3.05, 3.63) is 70.0 Å². The third kappa shape index (κ3) is 7.76. The fourth-order valence-corrected chi connectivity index (χ4v) is 7.35. The average Bonchev–Trinajstić information content (AvgIpc) is 3.72. The molecule has 2 unspecified atom stereocenters. The Kier molecular flexibility index (Phi) is 10.8. The summed E-state index contributed by atoms with van der Waals surface area (Å²) >= 11 is 12.8. The molecule has 10 nitrogen and oxygen atoms in total. The summed E-state index contributed by atoms with van der Waals surface area (Å²) in [6, 6.07) is 7.28. The van der Waals surface area contributed by atoms with E-state index in [9.17, 15) is 22.0 Å². The van der Waals surface area contributed by atoms with Gasteiger partial charge < -0.3 is 23.7 Å². The predicted molar refractivity (Wildman–Crippen MR) is 165 cm³/mol. The molecule has 248 valence electrons. The monoisotopic (exact) mass is 700 g/mol. The molecular weight excluding hydrogens is 669 g/mol. The minimum atomic E-state index is -4.16. The van der Waals surface area contributed by atoms with Crippen LogP contribution in [-0.4, -0.2) is 63.7 Å². The van der Waals surface area contributed by atoms with Gasteiger partial charge >= 0.3 is 12.6 Å². The number of halogens is 4. The van der Waals surface area contributed by atoms with Gasteiger partial charge in [0.2, 0.25) is 10.0 Å². The second-order valence-electron chi connectivity index (χ2n) is 10.8.